The average molecular weight is 344 g/mol. The van der Waals surface area contributed by atoms with Crippen molar-refractivity contribution in [3.8, 4) is 0 Å². The van der Waals surface area contributed by atoms with Gasteiger partial charge < -0.3 is 5.32 Å². The van der Waals surface area contributed by atoms with Gasteiger partial charge in [0, 0.05) is 4.88 Å². The Morgan fingerprint density at radius 1 is 1.22 bits per heavy atom. The first-order chi connectivity index (χ1) is 11.1. The Kier molecular flexibility index (Phi) is 4.68. The fraction of sp³-hybridized carbons (Fsp3) is 0.188. The van der Waals surface area contributed by atoms with Gasteiger partial charge in [0.25, 0.3) is 5.91 Å². The van der Waals surface area contributed by atoms with Gasteiger partial charge in [-0.2, -0.15) is 5.10 Å². The highest BCUT2D eigenvalue weighted by Crippen LogP contribution is 2.24. The summed E-state index contributed by atoms with van der Waals surface area (Å²) < 4.78 is 1.09. The van der Waals surface area contributed by atoms with Crippen LogP contribution in [0.15, 0.2) is 41.5 Å². The summed E-state index contributed by atoms with van der Waals surface area (Å²) in [4.78, 5) is 18.6. The highest BCUT2D eigenvalue weighted by atomic mass is 32.1. The molecule has 0 aliphatic heterocycles. The summed E-state index contributed by atoms with van der Waals surface area (Å²) >= 11 is 3.18. The maximum atomic E-state index is 11.9. The number of anilines is 1. The molecule has 5 nitrogen and oxygen atoms in total. The van der Waals surface area contributed by atoms with E-state index in [0.717, 1.165) is 25.9 Å². The van der Waals surface area contributed by atoms with E-state index in [0.29, 0.717) is 0 Å². The van der Waals surface area contributed by atoms with Crippen molar-refractivity contribution in [1.29, 1.82) is 0 Å². The summed E-state index contributed by atoms with van der Waals surface area (Å²) in [6.45, 7) is 4.06. The number of nitrogens with zero attached hydrogens (tertiary/aromatic N) is 2. The third-order valence-corrected chi connectivity index (χ3v) is 5.24. The molecule has 0 radical (unpaired) electrons. The fourth-order valence-electron chi connectivity index (χ4n) is 1.97. The molecule has 0 aliphatic carbocycles. The summed E-state index contributed by atoms with van der Waals surface area (Å²) in [7, 11) is 0. The lowest BCUT2D eigenvalue weighted by Gasteiger charge is -2.02. The predicted molar refractivity (Wildman–Crippen MR) is 97.5 cm³/mol. The Hall–Kier alpha value is -2.25. The van der Waals surface area contributed by atoms with Gasteiger partial charge in [0.2, 0.25) is 0 Å². The molecular weight excluding hydrogens is 328 g/mol. The maximum absolute atomic E-state index is 11.9. The number of nitrogens with one attached hydrogen (secondary N) is 2. The van der Waals surface area contributed by atoms with Crippen molar-refractivity contribution in [3.05, 3.63) is 46.2 Å². The monoisotopic (exact) mass is 344 g/mol. The number of benzene rings is 1. The number of carbonyl (C=O) groups excluding carboxylic acids is 1. The smallest absolute Gasteiger partial charge is 0.259 e. The minimum atomic E-state index is -0.197. The molecule has 0 spiro atoms. The van der Waals surface area contributed by atoms with Gasteiger partial charge in [-0.15, -0.1) is 11.3 Å². The number of thiophene rings is 1. The van der Waals surface area contributed by atoms with E-state index < -0.39 is 0 Å². The second-order valence-corrected chi connectivity index (χ2v) is 7.30. The van der Waals surface area contributed by atoms with Crippen molar-refractivity contribution in [2.24, 2.45) is 5.10 Å². The highest BCUT2D eigenvalue weighted by molar-refractivity contribution is 7.22. The Balaban J connectivity index is 1.55. The molecule has 1 amide bonds. The van der Waals surface area contributed by atoms with E-state index in [1.807, 2.05) is 50.2 Å². The fourth-order valence-corrected chi connectivity index (χ4v) is 3.65. The second kappa shape index (κ2) is 6.89. The highest BCUT2D eigenvalue weighted by Gasteiger charge is 2.06. The number of hydrazone groups is 1. The molecular formula is C16H16N4OS2. The zero-order valence-corrected chi connectivity index (χ0v) is 14.4. The van der Waals surface area contributed by atoms with Gasteiger partial charge in [-0.3, -0.25) is 4.79 Å². The Bertz CT molecular complexity index is 833. The summed E-state index contributed by atoms with van der Waals surface area (Å²) in [5.41, 5.74) is 4.30. The van der Waals surface area contributed by atoms with Gasteiger partial charge in [-0.05, 0) is 38.1 Å². The van der Waals surface area contributed by atoms with Gasteiger partial charge in [0.05, 0.1) is 27.4 Å². The molecule has 0 bridgehead atoms. The van der Waals surface area contributed by atoms with Crippen LogP contribution in [-0.2, 0) is 4.79 Å². The van der Waals surface area contributed by atoms with E-state index in [2.05, 4.69) is 20.8 Å². The SMILES string of the molecule is C/C(=N/NC(=O)CNc1nc2ccccc2s1)c1ccc(C)s1. The second-order valence-electron chi connectivity index (χ2n) is 4.98. The molecule has 2 N–H and O–H groups in total. The van der Waals surface area contributed by atoms with Gasteiger partial charge in [0.15, 0.2) is 5.13 Å². The molecule has 23 heavy (non-hydrogen) atoms. The number of hydrogen-bond acceptors (Lipinski definition) is 6. The molecule has 118 valence electrons. The van der Waals surface area contributed by atoms with Crippen LogP contribution in [0, 0.1) is 6.92 Å². The first-order valence-corrected chi connectivity index (χ1v) is 8.74. The van der Waals surface area contributed by atoms with Crippen LogP contribution in [0.5, 0.6) is 0 Å². The Morgan fingerprint density at radius 3 is 2.78 bits per heavy atom. The van der Waals surface area contributed by atoms with Crippen LogP contribution in [0.2, 0.25) is 0 Å². The van der Waals surface area contributed by atoms with Crippen molar-refractivity contribution in [2.75, 3.05) is 11.9 Å². The number of rotatable bonds is 5. The predicted octanol–water partition coefficient (Wildman–Crippen LogP) is 3.62. The molecule has 0 saturated heterocycles. The van der Waals surface area contributed by atoms with Gasteiger partial charge in [0.1, 0.15) is 0 Å². The van der Waals surface area contributed by atoms with Crippen LogP contribution >= 0.6 is 22.7 Å². The summed E-state index contributed by atoms with van der Waals surface area (Å²) in [6, 6.07) is 11.9. The average Bonchev–Trinajstić information content (AvgIpc) is 3.16. The van der Waals surface area contributed by atoms with Gasteiger partial charge in [-0.25, -0.2) is 10.4 Å². The molecule has 1 aromatic carbocycles. The quantitative estimate of drug-likeness (QED) is 0.549. The van der Waals surface area contributed by atoms with E-state index in [-0.39, 0.29) is 12.5 Å². The van der Waals surface area contributed by atoms with Crippen molar-refractivity contribution >= 4 is 49.6 Å². The summed E-state index contributed by atoms with van der Waals surface area (Å²) in [6.07, 6.45) is 0. The number of para-hydroxylation sites is 1. The molecule has 2 heterocycles. The van der Waals surface area contributed by atoms with E-state index >= 15 is 0 Å². The molecule has 0 saturated carbocycles. The molecule has 0 fully saturated rings. The van der Waals surface area contributed by atoms with Crippen LogP contribution in [-0.4, -0.2) is 23.1 Å². The first kappa shape index (κ1) is 15.6. The van der Waals surface area contributed by atoms with Gasteiger partial charge in [-0.1, -0.05) is 23.5 Å². The third-order valence-electron chi connectivity index (χ3n) is 3.14. The third kappa shape index (κ3) is 3.94. The van der Waals surface area contributed by atoms with E-state index in [1.54, 1.807) is 11.3 Å². The minimum absolute atomic E-state index is 0.139. The Morgan fingerprint density at radius 2 is 2.04 bits per heavy atom. The number of aryl methyl sites for hydroxylation is 1. The van der Waals surface area contributed by atoms with Gasteiger partial charge >= 0.3 is 0 Å². The topological polar surface area (TPSA) is 66.4 Å². The number of thiazole rings is 1. The van der Waals surface area contributed by atoms with E-state index in [1.165, 1.54) is 16.2 Å². The molecule has 3 rings (SSSR count). The lowest BCUT2D eigenvalue weighted by Crippen LogP contribution is -2.26. The molecule has 0 atom stereocenters. The minimum Gasteiger partial charge on any atom is -0.352 e. The van der Waals surface area contributed by atoms with Crippen molar-refractivity contribution in [1.82, 2.24) is 10.4 Å². The number of aromatic nitrogens is 1. The van der Waals surface area contributed by atoms with Crippen LogP contribution in [0.25, 0.3) is 10.2 Å². The first-order valence-electron chi connectivity index (χ1n) is 7.11. The number of fused-ring (bicyclic) bond motifs is 1. The molecule has 0 unspecified atom stereocenters. The summed E-state index contributed by atoms with van der Waals surface area (Å²) in [5, 5.41) is 7.90. The maximum Gasteiger partial charge on any atom is 0.259 e. The zero-order valence-electron chi connectivity index (χ0n) is 12.8. The van der Waals surface area contributed by atoms with Crippen LogP contribution in [0.3, 0.4) is 0 Å². The number of amides is 1. The lowest BCUT2D eigenvalue weighted by atomic mass is 10.3. The van der Waals surface area contributed by atoms with Crippen molar-refractivity contribution in [2.45, 2.75) is 13.8 Å². The van der Waals surface area contributed by atoms with Crippen LogP contribution in [0.4, 0.5) is 5.13 Å². The normalized spacial score (nSPS) is 11.7. The lowest BCUT2D eigenvalue weighted by molar-refractivity contribution is -0.119. The molecule has 0 aliphatic rings. The van der Waals surface area contributed by atoms with Crippen molar-refractivity contribution in [3.63, 3.8) is 0 Å². The molecule has 2 aromatic heterocycles. The van der Waals surface area contributed by atoms with E-state index in [4.69, 9.17) is 0 Å². The largest absolute Gasteiger partial charge is 0.352 e. The molecule has 7 heteroatoms. The number of hydrogen-bond donors (Lipinski definition) is 2. The Labute approximate surface area is 142 Å². The number of carbonyl (C=O) groups is 1. The van der Waals surface area contributed by atoms with Crippen LogP contribution in [0.1, 0.15) is 16.7 Å². The van der Waals surface area contributed by atoms with Crippen LogP contribution < -0.4 is 10.7 Å². The molecule has 3 aromatic rings. The summed E-state index contributed by atoms with van der Waals surface area (Å²) in [5.74, 6) is -0.197. The zero-order chi connectivity index (χ0) is 16.2. The van der Waals surface area contributed by atoms with E-state index in [9.17, 15) is 4.79 Å². The van der Waals surface area contributed by atoms with Crippen molar-refractivity contribution < 1.29 is 4.79 Å². The standard InChI is InChI=1S/C16H16N4OS2/c1-10-7-8-13(22-10)11(2)19-20-15(21)9-17-16-18-12-5-3-4-6-14(12)23-16/h3-8H,9H2,1-2H3,(H,17,18)(H,20,21)/b19-11-.